The summed E-state index contributed by atoms with van der Waals surface area (Å²) in [7, 11) is 0. The molecule has 0 saturated carbocycles. The van der Waals surface area contributed by atoms with Gasteiger partial charge in [-0.2, -0.15) is 5.10 Å². The van der Waals surface area contributed by atoms with Gasteiger partial charge in [-0.3, -0.25) is 9.48 Å². The fourth-order valence-electron chi connectivity index (χ4n) is 2.44. The number of aryl methyl sites for hydroxylation is 2. The maximum atomic E-state index is 12.0. The van der Waals surface area contributed by atoms with Crippen LogP contribution in [0, 0.1) is 13.8 Å². The van der Waals surface area contributed by atoms with Gasteiger partial charge in [0, 0.05) is 18.7 Å². The molecule has 0 radical (unpaired) electrons. The summed E-state index contributed by atoms with van der Waals surface area (Å²) in [6.45, 7) is 5.20. The molecule has 0 unspecified atom stereocenters. The van der Waals surface area contributed by atoms with Crippen molar-refractivity contribution >= 4 is 21.8 Å². The molecule has 0 fully saturated rings. The third-order valence-corrected chi connectivity index (χ3v) is 4.92. The molecule has 1 amide bonds. The number of nitrogens with zero attached hydrogens (tertiary/aromatic N) is 2. The third-order valence-electron chi connectivity index (χ3n) is 3.77. The number of benzene rings is 1. The van der Waals surface area contributed by atoms with E-state index >= 15 is 0 Å². The van der Waals surface area contributed by atoms with Gasteiger partial charge in [0.05, 0.1) is 16.7 Å². The lowest BCUT2D eigenvalue weighted by molar-refractivity contribution is -0.121. The molecule has 1 aliphatic heterocycles. The molecule has 0 bridgehead atoms. The Morgan fingerprint density at radius 2 is 2.13 bits per heavy atom. The lowest BCUT2D eigenvalue weighted by Crippen LogP contribution is -2.24. The van der Waals surface area contributed by atoms with E-state index in [1.165, 1.54) is 0 Å². The summed E-state index contributed by atoms with van der Waals surface area (Å²) >= 11 is 3.49. The number of fused-ring (bicyclic) bond motifs is 1. The monoisotopic (exact) mass is 379 g/mol. The van der Waals surface area contributed by atoms with Crippen LogP contribution in [-0.2, 0) is 17.9 Å². The topological polar surface area (TPSA) is 65.4 Å². The van der Waals surface area contributed by atoms with Crippen molar-refractivity contribution in [3.8, 4) is 11.5 Å². The molecule has 0 saturated heterocycles. The number of aromatic nitrogens is 2. The minimum Gasteiger partial charge on any atom is -0.454 e. The fourth-order valence-corrected chi connectivity index (χ4v) is 2.72. The maximum Gasteiger partial charge on any atom is 0.231 e. The van der Waals surface area contributed by atoms with Crippen molar-refractivity contribution in [1.82, 2.24) is 15.1 Å². The van der Waals surface area contributed by atoms with Crippen molar-refractivity contribution in [3.63, 3.8) is 0 Å². The Labute approximate surface area is 142 Å². The van der Waals surface area contributed by atoms with Gasteiger partial charge in [-0.1, -0.05) is 6.07 Å². The van der Waals surface area contributed by atoms with E-state index in [1.54, 1.807) is 0 Å². The molecule has 2 aromatic rings. The van der Waals surface area contributed by atoms with Gasteiger partial charge in [-0.05, 0) is 47.5 Å². The largest absolute Gasteiger partial charge is 0.454 e. The first-order valence-corrected chi connectivity index (χ1v) is 8.18. The van der Waals surface area contributed by atoms with Crippen molar-refractivity contribution in [2.75, 3.05) is 6.79 Å². The third kappa shape index (κ3) is 3.50. The van der Waals surface area contributed by atoms with Gasteiger partial charge in [0.15, 0.2) is 11.5 Å². The molecule has 0 spiro atoms. The van der Waals surface area contributed by atoms with Crippen LogP contribution in [-0.4, -0.2) is 22.5 Å². The van der Waals surface area contributed by atoms with Crippen LogP contribution in [0.1, 0.15) is 23.4 Å². The standard InChI is InChI=1S/C16H18BrN3O3/c1-10-16(17)11(2)20(19-10)6-5-15(21)18-8-12-3-4-13-14(7-12)23-9-22-13/h3-4,7H,5-6,8-9H2,1-2H3,(H,18,21). The highest BCUT2D eigenvalue weighted by Gasteiger charge is 2.14. The molecule has 1 N–H and O–H groups in total. The molecule has 3 rings (SSSR count). The minimum atomic E-state index is -0.00802. The summed E-state index contributed by atoms with van der Waals surface area (Å²) in [5.41, 5.74) is 2.95. The maximum absolute atomic E-state index is 12.0. The fraction of sp³-hybridized carbons (Fsp3) is 0.375. The van der Waals surface area contributed by atoms with E-state index < -0.39 is 0 Å². The summed E-state index contributed by atoms with van der Waals surface area (Å²) in [5.74, 6) is 1.46. The van der Waals surface area contributed by atoms with Gasteiger partial charge in [0.25, 0.3) is 0 Å². The molecule has 0 atom stereocenters. The van der Waals surface area contributed by atoms with Crippen molar-refractivity contribution < 1.29 is 14.3 Å². The van der Waals surface area contributed by atoms with E-state index in [4.69, 9.17) is 9.47 Å². The first kappa shape index (κ1) is 15.9. The average Bonchev–Trinajstić information content (AvgIpc) is 3.11. The van der Waals surface area contributed by atoms with Crippen LogP contribution >= 0.6 is 15.9 Å². The predicted octanol–water partition coefficient (Wildman–Crippen LogP) is 2.70. The number of nitrogens with one attached hydrogen (secondary N) is 1. The quantitative estimate of drug-likeness (QED) is 0.867. The Balaban J connectivity index is 1.51. The second kappa shape index (κ2) is 6.62. The molecular formula is C16H18BrN3O3. The van der Waals surface area contributed by atoms with E-state index in [-0.39, 0.29) is 12.7 Å². The van der Waals surface area contributed by atoms with Gasteiger partial charge < -0.3 is 14.8 Å². The molecule has 7 heteroatoms. The van der Waals surface area contributed by atoms with Crippen molar-refractivity contribution in [2.24, 2.45) is 0 Å². The SMILES string of the molecule is Cc1nn(CCC(=O)NCc2ccc3c(c2)OCO3)c(C)c1Br. The average molecular weight is 380 g/mol. The van der Waals surface area contributed by atoms with E-state index in [9.17, 15) is 4.79 Å². The highest BCUT2D eigenvalue weighted by Crippen LogP contribution is 2.32. The summed E-state index contributed by atoms with van der Waals surface area (Å²) in [6, 6.07) is 5.67. The summed E-state index contributed by atoms with van der Waals surface area (Å²) in [4.78, 5) is 12.0. The molecule has 23 heavy (non-hydrogen) atoms. The molecular weight excluding hydrogens is 362 g/mol. The first-order chi connectivity index (χ1) is 11.0. The van der Waals surface area contributed by atoms with Crippen molar-refractivity contribution in [1.29, 1.82) is 0 Å². The van der Waals surface area contributed by atoms with Gasteiger partial charge in [-0.15, -0.1) is 0 Å². The molecule has 2 heterocycles. The normalized spacial score (nSPS) is 12.5. The Morgan fingerprint density at radius 3 is 2.87 bits per heavy atom. The summed E-state index contributed by atoms with van der Waals surface area (Å²) in [6.07, 6.45) is 0.388. The molecule has 122 valence electrons. The van der Waals surface area contributed by atoms with Crippen LogP contribution < -0.4 is 14.8 Å². The number of ether oxygens (including phenoxy) is 2. The Kier molecular flexibility index (Phi) is 4.56. The van der Waals surface area contributed by atoms with Crippen molar-refractivity contribution in [3.05, 3.63) is 39.6 Å². The second-order valence-corrected chi connectivity index (χ2v) is 6.22. The first-order valence-electron chi connectivity index (χ1n) is 7.39. The van der Waals surface area contributed by atoms with E-state index in [2.05, 4.69) is 26.3 Å². The minimum absolute atomic E-state index is 0.00802. The highest BCUT2D eigenvalue weighted by molar-refractivity contribution is 9.10. The Morgan fingerprint density at radius 1 is 1.35 bits per heavy atom. The number of hydrogen-bond donors (Lipinski definition) is 1. The van der Waals surface area contributed by atoms with Crippen LogP contribution in [0.2, 0.25) is 0 Å². The molecule has 1 aromatic carbocycles. The molecule has 1 aliphatic rings. The number of carbonyl (C=O) groups excluding carboxylic acids is 1. The summed E-state index contributed by atoms with van der Waals surface area (Å²) < 4.78 is 13.4. The molecule has 1 aromatic heterocycles. The Hall–Kier alpha value is -2.02. The lowest BCUT2D eigenvalue weighted by atomic mass is 10.2. The van der Waals surface area contributed by atoms with Crippen LogP contribution in [0.15, 0.2) is 22.7 Å². The summed E-state index contributed by atoms with van der Waals surface area (Å²) in [5, 5.41) is 7.31. The molecule has 0 aliphatic carbocycles. The number of rotatable bonds is 5. The highest BCUT2D eigenvalue weighted by atomic mass is 79.9. The number of hydrogen-bond acceptors (Lipinski definition) is 4. The Bertz CT molecular complexity index is 742. The zero-order chi connectivity index (χ0) is 16.4. The van der Waals surface area contributed by atoms with Crippen LogP contribution in [0.5, 0.6) is 11.5 Å². The lowest BCUT2D eigenvalue weighted by Gasteiger charge is -2.07. The zero-order valence-corrected chi connectivity index (χ0v) is 14.6. The smallest absolute Gasteiger partial charge is 0.231 e. The van der Waals surface area contributed by atoms with Crippen LogP contribution in [0.25, 0.3) is 0 Å². The molecule has 6 nitrogen and oxygen atoms in total. The number of amides is 1. The number of halogens is 1. The van der Waals surface area contributed by atoms with Gasteiger partial charge in [0.2, 0.25) is 12.7 Å². The number of carbonyl (C=O) groups is 1. The van der Waals surface area contributed by atoms with Gasteiger partial charge in [0.1, 0.15) is 0 Å². The van der Waals surface area contributed by atoms with Crippen LogP contribution in [0.4, 0.5) is 0 Å². The van der Waals surface area contributed by atoms with Crippen molar-refractivity contribution in [2.45, 2.75) is 33.4 Å². The van der Waals surface area contributed by atoms with E-state index in [0.717, 1.165) is 32.9 Å². The van der Waals surface area contributed by atoms with E-state index in [0.29, 0.717) is 19.5 Å². The van der Waals surface area contributed by atoms with E-state index in [1.807, 2.05) is 36.7 Å². The zero-order valence-electron chi connectivity index (χ0n) is 13.1. The predicted molar refractivity (Wildman–Crippen MR) is 88.4 cm³/mol. The van der Waals surface area contributed by atoms with Gasteiger partial charge >= 0.3 is 0 Å². The van der Waals surface area contributed by atoms with Gasteiger partial charge in [-0.25, -0.2) is 0 Å². The van der Waals surface area contributed by atoms with Crippen LogP contribution in [0.3, 0.4) is 0 Å². The second-order valence-electron chi connectivity index (χ2n) is 5.42.